The molecular weight excluding hydrogens is 426 g/mol. The van der Waals surface area contributed by atoms with Gasteiger partial charge in [0, 0.05) is 42.5 Å². The Balaban J connectivity index is 1.05. The van der Waals surface area contributed by atoms with Crippen LogP contribution in [0.4, 0.5) is 5.82 Å². The van der Waals surface area contributed by atoms with Crippen LogP contribution in [-0.4, -0.2) is 54.0 Å². The number of fused-ring (bicyclic) bond motifs is 1. The molecule has 2 aliphatic carbocycles. The Morgan fingerprint density at radius 1 is 1.03 bits per heavy atom. The molecule has 0 unspecified atom stereocenters. The first-order valence-electron chi connectivity index (χ1n) is 13.0. The maximum atomic E-state index is 12.4. The average Bonchev–Trinajstić information content (AvgIpc) is 3.49. The number of amides is 1. The van der Waals surface area contributed by atoms with Crippen molar-refractivity contribution in [2.45, 2.75) is 63.1 Å². The SMILES string of the molecule is O=C(NC1CC1)c1cccc(-c2ccc(N[C@H]3C[C@@H]4CN[C@@H](CC5CCOCC5)[C@H]4C3)nn2)c1. The zero-order chi connectivity index (χ0) is 22.9. The number of hydrogen-bond acceptors (Lipinski definition) is 6. The van der Waals surface area contributed by atoms with E-state index in [1.807, 2.05) is 36.4 Å². The minimum absolute atomic E-state index is 0.00741. The average molecular weight is 462 g/mol. The summed E-state index contributed by atoms with van der Waals surface area (Å²) < 4.78 is 5.54. The Labute approximate surface area is 201 Å². The van der Waals surface area contributed by atoms with Crippen molar-refractivity contribution in [2.24, 2.45) is 17.8 Å². The first-order valence-corrected chi connectivity index (χ1v) is 13.0. The van der Waals surface area contributed by atoms with Crippen LogP contribution < -0.4 is 16.0 Å². The Bertz CT molecular complexity index is 1000. The lowest BCUT2D eigenvalue weighted by atomic mass is 9.85. The van der Waals surface area contributed by atoms with Crippen LogP contribution in [0.15, 0.2) is 36.4 Å². The summed E-state index contributed by atoms with van der Waals surface area (Å²) in [6, 6.07) is 13.1. The number of nitrogens with zero attached hydrogens (tertiary/aromatic N) is 2. The number of hydrogen-bond donors (Lipinski definition) is 3. The molecule has 2 aliphatic heterocycles. The zero-order valence-electron chi connectivity index (χ0n) is 19.7. The zero-order valence-corrected chi connectivity index (χ0v) is 19.7. The molecule has 2 saturated carbocycles. The third kappa shape index (κ3) is 4.96. The van der Waals surface area contributed by atoms with Gasteiger partial charge in [-0.1, -0.05) is 12.1 Å². The number of nitrogens with one attached hydrogen (secondary N) is 3. The van der Waals surface area contributed by atoms with Gasteiger partial charge in [-0.2, -0.15) is 0 Å². The molecule has 0 spiro atoms. The normalized spacial score (nSPS) is 29.1. The van der Waals surface area contributed by atoms with E-state index in [2.05, 4.69) is 26.1 Å². The summed E-state index contributed by atoms with van der Waals surface area (Å²) in [5, 5.41) is 19.4. The van der Waals surface area contributed by atoms with E-state index in [0.717, 1.165) is 67.4 Å². The smallest absolute Gasteiger partial charge is 0.251 e. The highest BCUT2D eigenvalue weighted by atomic mass is 16.5. The molecule has 0 bridgehead atoms. The second kappa shape index (κ2) is 9.62. The first kappa shape index (κ1) is 22.0. The number of aromatic nitrogens is 2. The molecule has 0 radical (unpaired) electrons. The van der Waals surface area contributed by atoms with Crippen molar-refractivity contribution in [3.63, 3.8) is 0 Å². The van der Waals surface area contributed by atoms with E-state index in [-0.39, 0.29) is 5.91 Å². The van der Waals surface area contributed by atoms with Crippen LogP contribution in [0.3, 0.4) is 0 Å². The molecule has 4 atom stereocenters. The van der Waals surface area contributed by atoms with Crippen LogP contribution >= 0.6 is 0 Å². The number of anilines is 1. The van der Waals surface area contributed by atoms with Crippen LogP contribution in [0.2, 0.25) is 0 Å². The van der Waals surface area contributed by atoms with Crippen molar-refractivity contribution in [3.8, 4) is 11.3 Å². The third-order valence-corrected chi connectivity index (χ3v) is 8.19. The highest BCUT2D eigenvalue weighted by Crippen LogP contribution is 2.41. The van der Waals surface area contributed by atoms with Gasteiger partial charge >= 0.3 is 0 Å². The van der Waals surface area contributed by atoms with Crippen LogP contribution in [0.25, 0.3) is 11.3 Å². The predicted molar refractivity (Wildman–Crippen MR) is 132 cm³/mol. The summed E-state index contributed by atoms with van der Waals surface area (Å²) >= 11 is 0. The molecule has 7 heteroatoms. The van der Waals surface area contributed by atoms with Gasteiger partial charge in [-0.25, -0.2) is 0 Å². The van der Waals surface area contributed by atoms with Crippen molar-refractivity contribution >= 4 is 11.7 Å². The predicted octanol–water partition coefficient (Wildman–Crippen LogP) is 3.63. The molecule has 180 valence electrons. The van der Waals surface area contributed by atoms with Gasteiger partial charge in [0.15, 0.2) is 0 Å². The summed E-state index contributed by atoms with van der Waals surface area (Å²) in [6.45, 7) is 3.01. The molecule has 1 aromatic carbocycles. The molecule has 3 N–H and O–H groups in total. The van der Waals surface area contributed by atoms with Crippen LogP contribution in [0.1, 0.15) is 55.3 Å². The quantitative estimate of drug-likeness (QED) is 0.584. The molecule has 34 heavy (non-hydrogen) atoms. The number of ether oxygens (including phenoxy) is 1. The van der Waals surface area contributed by atoms with E-state index in [0.29, 0.717) is 23.7 Å². The lowest BCUT2D eigenvalue weighted by Gasteiger charge is -2.27. The van der Waals surface area contributed by atoms with E-state index in [9.17, 15) is 4.79 Å². The number of rotatable bonds is 7. The minimum atomic E-state index is -0.00741. The minimum Gasteiger partial charge on any atom is -0.381 e. The topological polar surface area (TPSA) is 88.2 Å². The Hall–Kier alpha value is -2.51. The molecule has 4 aliphatic rings. The fraction of sp³-hybridized carbons (Fsp3) is 0.593. The van der Waals surface area contributed by atoms with Gasteiger partial charge in [0.05, 0.1) is 5.69 Å². The molecule has 2 aromatic rings. The summed E-state index contributed by atoms with van der Waals surface area (Å²) in [7, 11) is 0. The lowest BCUT2D eigenvalue weighted by molar-refractivity contribution is 0.0594. The molecule has 1 amide bonds. The van der Waals surface area contributed by atoms with Crippen molar-refractivity contribution < 1.29 is 9.53 Å². The van der Waals surface area contributed by atoms with E-state index in [1.165, 1.54) is 32.1 Å². The summed E-state index contributed by atoms with van der Waals surface area (Å²) in [5.41, 5.74) is 2.38. The summed E-state index contributed by atoms with van der Waals surface area (Å²) in [4.78, 5) is 12.4. The van der Waals surface area contributed by atoms with Crippen LogP contribution in [0.5, 0.6) is 0 Å². The first-order chi connectivity index (χ1) is 16.7. The fourth-order valence-electron chi connectivity index (χ4n) is 6.14. The summed E-state index contributed by atoms with van der Waals surface area (Å²) in [5.74, 6) is 3.17. The van der Waals surface area contributed by atoms with Gasteiger partial charge in [-0.15, -0.1) is 10.2 Å². The monoisotopic (exact) mass is 461 g/mol. The van der Waals surface area contributed by atoms with E-state index in [1.54, 1.807) is 0 Å². The van der Waals surface area contributed by atoms with Gasteiger partial charge in [0.25, 0.3) is 5.91 Å². The highest BCUT2D eigenvalue weighted by molar-refractivity contribution is 5.95. The van der Waals surface area contributed by atoms with E-state index < -0.39 is 0 Å². The Morgan fingerprint density at radius 2 is 1.91 bits per heavy atom. The maximum absolute atomic E-state index is 12.4. The Morgan fingerprint density at radius 3 is 2.71 bits per heavy atom. The van der Waals surface area contributed by atoms with Gasteiger partial charge in [-0.05, 0) is 93.5 Å². The van der Waals surface area contributed by atoms with Gasteiger partial charge in [0.1, 0.15) is 5.82 Å². The van der Waals surface area contributed by atoms with Gasteiger partial charge in [0.2, 0.25) is 0 Å². The lowest BCUT2D eigenvalue weighted by Crippen LogP contribution is -2.33. The molecular formula is C27H35N5O2. The van der Waals surface area contributed by atoms with E-state index in [4.69, 9.17) is 4.74 Å². The fourth-order valence-corrected chi connectivity index (χ4v) is 6.14. The second-order valence-corrected chi connectivity index (χ2v) is 10.7. The van der Waals surface area contributed by atoms with Crippen LogP contribution in [-0.2, 0) is 4.74 Å². The molecule has 1 aromatic heterocycles. The number of carbonyl (C=O) groups is 1. The molecule has 7 nitrogen and oxygen atoms in total. The highest BCUT2D eigenvalue weighted by Gasteiger charge is 2.43. The van der Waals surface area contributed by atoms with Crippen molar-refractivity contribution in [1.29, 1.82) is 0 Å². The van der Waals surface area contributed by atoms with Crippen molar-refractivity contribution in [2.75, 3.05) is 25.1 Å². The van der Waals surface area contributed by atoms with Gasteiger partial charge < -0.3 is 20.7 Å². The molecule has 6 rings (SSSR count). The van der Waals surface area contributed by atoms with Crippen molar-refractivity contribution in [3.05, 3.63) is 42.0 Å². The van der Waals surface area contributed by atoms with Gasteiger partial charge in [-0.3, -0.25) is 4.79 Å². The largest absolute Gasteiger partial charge is 0.381 e. The van der Waals surface area contributed by atoms with Crippen molar-refractivity contribution in [1.82, 2.24) is 20.8 Å². The number of carbonyl (C=O) groups excluding carboxylic acids is 1. The second-order valence-electron chi connectivity index (χ2n) is 10.7. The maximum Gasteiger partial charge on any atom is 0.251 e. The van der Waals surface area contributed by atoms with Crippen LogP contribution in [0, 0.1) is 17.8 Å². The number of benzene rings is 1. The third-order valence-electron chi connectivity index (χ3n) is 8.19. The standard InChI is InChI=1S/C27H35N5O2/c33-27(30-21-4-5-21)19-3-1-2-18(13-19)24-6-7-26(32-31-24)29-22-14-20-16-28-25(23(20)15-22)12-17-8-10-34-11-9-17/h1-3,6-7,13,17,20-23,25,28H,4-5,8-12,14-16H2,(H,29,32)(H,30,33)/t20-,22+,23+,25+/m1/s1. The molecule has 3 heterocycles. The molecule has 4 fully saturated rings. The summed E-state index contributed by atoms with van der Waals surface area (Å²) in [6.07, 6.45) is 8.29. The molecule has 2 saturated heterocycles. The Kier molecular flexibility index (Phi) is 6.22. The van der Waals surface area contributed by atoms with E-state index >= 15 is 0 Å².